The summed E-state index contributed by atoms with van der Waals surface area (Å²) in [6.07, 6.45) is 2.86. The predicted octanol–water partition coefficient (Wildman–Crippen LogP) is 14.2. The number of hydrogen-bond donors (Lipinski definition) is 1. The van der Waals surface area contributed by atoms with Gasteiger partial charge in [0.15, 0.2) is 23.1 Å². The van der Waals surface area contributed by atoms with Crippen LogP contribution in [0.1, 0.15) is 287 Å². The first kappa shape index (κ1) is 64.2. The SMILES string of the molecule is CC[C@H]1c2cc3[n-]c4c(c3C)C(=O)[C@H](C)c4c3nc(cc4[n-]c(cc(n2)[C@@H]1C)c(C(C)=O)c4C)[C@@H](C)[C@@H]3CCC(=O)Cl.CC[C@H]1c2cc3[n-]c4c(c3C)C(=O)[C@H](C)c4c3nc(cc4[n-]c(cc(n2)[C@@H]1C)c(C(C)=O)c4C)[C@@H](C)[C@@H]3CCC(=O)O.[Pd+2].[Pd+2]. The Morgan fingerprint density at radius 3 is 1.15 bits per heavy atom. The first-order valence-electron chi connectivity index (χ1n) is 29.7. The van der Waals surface area contributed by atoms with Crippen molar-refractivity contribution in [1.29, 1.82) is 0 Å². The smallest absolute Gasteiger partial charge is 0.657 e. The first-order chi connectivity index (χ1) is 39.8. The molecule has 1 N–H and O–H groups in total. The van der Waals surface area contributed by atoms with Crippen LogP contribution in [0.25, 0.3) is 44.1 Å². The predicted molar refractivity (Wildman–Crippen MR) is 324 cm³/mol. The van der Waals surface area contributed by atoms with E-state index in [1.165, 1.54) is 0 Å². The summed E-state index contributed by atoms with van der Waals surface area (Å²) in [7, 11) is 0. The van der Waals surface area contributed by atoms with Crippen molar-refractivity contribution in [3.63, 3.8) is 0 Å². The first-order valence-corrected chi connectivity index (χ1v) is 30.1. The number of carboxylic acids is 1. The fraction of sp³-hybridized carbons (Fsp3) is 0.441. The van der Waals surface area contributed by atoms with Gasteiger partial charge < -0.3 is 25.0 Å². The number of carbonyl (C=O) groups is 6. The zero-order chi connectivity index (χ0) is 60.4. The number of aryl methyl sites for hydroxylation is 4. The molecule has 0 radical (unpaired) electrons. The fourth-order valence-electron chi connectivity index (χ4n) is 14.6. The number of nitrogens with zero attached hydrogens (tertiary/aromatic N) is 8. The Morgan fingerprint density at radius 2 is 0.802 bits per heavy atom. The molecule has 4 aliphatic heterocycles. The molecule has 10 atom stereocenters. The van der Waals surface area contributed by atoms with Gasteiger partial charge in [0.1, 0.15) is 0 Å². The van der Waals surface area contributed by atoms with Gasteiger partial charge in [-0.05, 0) is 90.0 Å². The van der Waals surface area contributed by atoms with Crippen LogP contribution in [0.4, 0.5) is 0 Å². The summed E-state index contributed by atoms with van der Waals surface area (Å²) in [5, 5.41) is 9.14. The average molecular weight is 1360 g/mol. The number of fused-ring (bicyclic) bond motifs is 16. The molecule has 86 heavy (non-hydrogen) atoms. The minimum atomic E-state index is -0.870. The second-order valence-corrected chi connectivity index (χ2v) is 24.8. The minimum Gasteiger partial charge on any atom is -0.657 e. The molecular weight excluding hydrogens is 1290 g/mol. The Labute approximate surface area is 533 Å². The largest absolute Gasteiger partial charge is 2.00 e. The van der Waals surface area contributed by atoms with Crippen molar-refractivity contribution >= 4 is 90.1 Å². The van der Waals surface area contributed by atoms with Gasteiger partial charge in [-0.15, -0.1) is 44.1 Å². The molecule has 6 aromatic heterocycles. The van der Waals surface area contributed by atoms with Crippen LogP contribution >= 0.6 is 11.6 Å². The van der Waals surface area contributed by atoms with Crippen molar-refractivity contribution in [3.05, 3.63) is 138 Å². The second-order valence-electron chi connectivity index (χ2n) is 24.4. The van der Waals surface area contributed by atoms with E-state index in [-0.39, 0.29) is 124 Å². The van der Waals surface area contributed by atoms with Gasteiger partial charge >= 0.3 is 46.8 Å². The summed E-state index contributed by atoms with van der Waals surface area (Å²) in [6, 6.07) is 11.8. The third kappa shape index (κ3) is 10.6. The Kier molecular flexibility index (Phi) is 18.2. The van der Waals surface area contributed by atoms with Crippen LogP contribution in [0.3, 0.4) is 0 Å². The molecule has 0 fully saturated rings. The van der Waals surface area contributed by atoms with E-state index in [0.717, 1.165) is 103 Å². The third-order valence-corrected chi connectivity index (χ3v) is 19.7. The molecule has 0 saturated heterocycles. The van der Waals surface area contributed by atoms with Gasteiger partial charge in [0.25, 0.3) is 0 Å². The number of hydrogen-bond acceptors (Lipinski definition) is 10. The van der Waals surface area contributed by atoms with Gasteiger partial charge in [-0.3, -0.25) is 48.7 Å². The standard InChI is InChI=1S/C34H36ClN4O3.C34H38N4O4.2Pd/c1-8-20-14(2)22-13-27-29(19(7)40)16(4)24(37-27)11-23-15(3)21(9-10-28(35)41)32(38-23)30-18(6)34(42)31-17(5)25(39-33(30)31)12-26(20)36-22;1-8-20-14(2)22-13-27-29(19(7)39)16(4)24(36-27)11-23-15(3)21(9-10-28(40)41)32(37-23)30-18(6)34(42)31-17(5)25(38-33(30)31)12-26(20)35-22;;/h11-15,18,20-21H,8-10H2,1-7H3,(H-,36,37,38,39,40,42);11-15,18,20-21H,8-10H2,1-7H3,(H3,35,36,37,38,39,40,41,42);;/q-1;;2*+2/p-3/t2*14-,15+,18-,20-,21+;;/m11../s1. The molecule has 0 saturated carbocycles. The number of rotatable bonds is 10. The van der Waals surface area contributed by atoms with E-state index in [4.69, 9.17) is 51.5 Å². The molecule has 0 spiro atoms. The summed E-state index contributed by atoms with van der Waals surface area (Å²) in [6.45, 7) is 27.4. The van der Waals surface area contributed by atoms with E-state index >= 15 is 0 Å². The minimum absolute atomic E-state index is 0. The Balaban J connectivity index is 0.000000201. The van der Waals surface area contributed by atoms with Crippen molar-refractivity contribution in [2.45, 2.75) is 195 Å². The van der Waals surface area contributed by atoms with Crippen LogP contribution in [0.2, 0.25) is 0 Å². The van der Waals surface area contributed by atoms with Crippen LogP contribution in [0, 0.1) is 27.7 Å². The Morgan fingerprint density at radius 1 is 0.477 bits per heavy atom. The molecule has 6 aromatic rings. The molecule has 16 bridgehead atoms. The van der Waals surface area contributed by atoms with Crippen LogP contribution in [-0.2, 0) is 50.4 Å². The van der Waals surface area contributed by atoms with Gasteiger partial charge in [-0.1, -0.05) is 114 Å². The van der Waals surface area contributed by atoms with E-state index in [0.29, 0.717) is 68.2 Å². The number of ketones is 4. The average Bonchev–Trinajstić information content (AvgIpc) is 1.60. The van der Waals surface area contributed by atoms with Crippen molar-refractivity contribution < 1.29 is 74.7 Å². The van der Waals surface area contributed by atoms with Crippen molar-refractivity contribution in [2.75, 3.05) is 0 Å². The zero-order valence-corrected chi connectivity index (χ0v) is 54.8. The molecule has 12 rings (SSSR count). The monoisotopic (exact) mass is 1360 g/mol. The van der Waals surface area contributed by atoms with E-state index in [9.17, 15) is 33.9 Å². The van der Waals surface area contributed by atoms with Crippen molar-refractivity contribution in [3.8, 4) is 0 Å². The number of Topliss-reactive ketones (excluding diaryl/α,β-unsaturated/α-hetero) is 4. The van der Waals surface area contributed by atoms with Crippen LogP contribution in [0.5, 0.6) is 0 Å². The quantitative estimate of drug-likeness (QED) is 0.0763. The van der Waals surface area contributed by atoms with Crippen molar-refractivity contribution in [1.82, 2.24) is 39.9 Å². The van der Waals surface area contributed by atoms with Gasteiger partial charge in [-0.25, -0.2) is 0 Å². The van der Waals surface area contributed by atoms with E-state index in [1.54, 1.807) is 13.8 Å². The molecule has 18 heteroatoms. The molecule has 0 amide bonds. The normalized spacial score (nSPS) is 22.5. The summed E-state index contributed by atoms with van der Waals surface area (Å²) >= 11 is 5.80. The summed E-state index contributed by atoms with van der Waals surface area (Å²) < 4.78 is 0. The molecule has 452 valence electrons. The van der Waals surface area contributed by atoms with Crippen LogP contribution in [0.15, 0.2) is 36.4 Å². The fourth-order valence-corrected chi connectivity index (χ4v) is 14.7. The van der Waals surface area contributed by atoms with Gasteiger partial charge in [0.2, 0.25) is 5.24 Å². The van der Waals surface area contributed by atoms with Gasteiger partial charge in [-0.2, -0.15) is 0 Å². The molecule has 6 aliphatic rings. The van der Waals surface area contributed by atoms with Gasteiger partial charge in [0, 0.05) is 140 Å². The Bertz CT molecular complexity index is 3980. The number of carboxylic acid groups (broad SMARTS) is 1. The van der Waals surface area contributed by atoms with Gasteiger partial charge in [0.05, 0.1) is 0 Å². The zero-order valence-electron chi connectivity index (χ0n) is 51.0. The second kappa shape index (κ2) is 24.3. The molecule has 0 unspecified atom stereocenters. The van der Waals surface area contributed by atoms with E-state index in [1.807, 2.05) is 84.9 Å². The number of carbonyl (C=O) groups excluding carboxylic acids is 5. The topological polar surface area (TPSA) is 231 Å². The van der Waals surface area contributed by atoms with E-state index in [2.05, 4.69) is 34.6 Å². The number of aromatic nitrogens is 8. The Hall–Kier alpha value is -6.33. The third-order valence-electron chi connectivity index (χ3n) is 19.5. The summed E-state index contributed by atoms with van der Waals surface area (Å²) in [5.41, 5.74) is 19.5. The maximum absolute atomic E-state index is 13.7. The molecule has 2 aliphatic carbocycles. The maximum Gasteiger partial charge on any atom is 2.00 e. The van der Waals surface area contributed by atoms with Crippen molar-refractivity contribution in [2.24, 2.45) is 0 Å². The molecular formula is C68H71ClN8O7Pd2. The van der Waals surface area contributed by atoms with Crippen LogP contribution < -0.4 is 19.9 Å². The summed E-state index contributed by atoms with van der Waals surface area (Å²) in [5.74, 6) is -1.62. The van der Waals surface area contributed by atoms with Crippen LogP contribution in [-0.4, -0.2) is 59.4 Å². The molecule has 10 heterocycles. The molecule has 15 nitrogen and oxygen atoms in total. The molecule has 0 aromatic carbocycles. The number of halogens is 1. The maximum atomic E-state index is 13.7. The number of aliphatic carboxylic acids is 1. The summed E-state index contributed by atoms with van der Waals surface area (Å²) in [4.78, 5) is 117. The van der Waals surface area contributed by atoms with E-state index < -0.39 is 23.0 Å².